The van der Waals surface area contributed by atoms with Crippen molar-refractivity contribution in [2.24, 2.45) is 7.05 Å². The number of aryl methyl sites for hydroxylation is 1. The van der Waals surface area contributed by atoms with Crippen LogP contribution in [0, 0.1) is 6.92 Å². The van der Waals surface area contributed by atoms with Crippen LogP contribution >= 0.6 is 0 Å². The second-order valence-corrected chi connectivity index (χ2v) is 6.14. The van der Waals surface area contributed by atoms with E-state index >= 15 is 0 Å². The number of nitrogens with zero attached hydrogens (tertiary/aromatic N) is 2. The third-order valence-electron chi connectivity index (χ3n) is 4.42. The first-order chi connectivity index (χ1) is 11.6. The van der Waals surface area contributed by atoms with Crippen LogP contribution in [-0.4, -0.2) is 22.4 Å². The maximum atomic E-state index is 12.6. The molecule has 0 aliphatic rings. The molecule has 0 atom stereocenters. The van der Waals surface area contributed by atoms with Crippen LogP contribution in [0.2, 0.25) is 0 Å². The second-order valence-electron chi connectivity index (χ2n) is 6.14. The van der Waals surface area contributed by atoms with Crippen LogP contribution in [0.5, 0.6) is 0 Å². The smallest absolute Gasteiger partial charge is 0.270 e. The molecule has 3 rings (SSSR count). The average Bonchev–Trinajstić information content (AvgIpc) is 2.95. The molecule has 0 saturated carbocycles. The summed E-state index contributed by atoms with van der Waals surface area (Å²) in [6.45, 7) is 2.59. The number of hydrogen-bond acceptors (Lipinski definition) is 1. The van der Waals surface area contributed by atoms with Gasteiger partial charge in [-0.1, -0.05) is 54.6 Å². The van der Waals surface area contributed by atoms with Gasteiger partial charge in [0.2, 0.25) is 0 Å². The van der Waals surface area contributed by atoms with Gasteiger partial charge in [-0.2, -0.15) is 0 Å². The third kappa shape index (κ3) is 3.25. The van der Waals surface area contributed by atoms with Crippen LogP contribution in [-0.2, 0) is 13.6 Å². The number of hydrogen-bond donors (Lipinski definition) is 0. The number of carbonyl (C=O) groups is 1. The highest BCUT2D eigenvalue weighted by molar-refractivity contribution is 5.92. The van der Waals surface area contributed by atoms with Gasteiger partial charge in [-0.15, -0.1) is 0 Å². The summed E-state index contributed by atoms with van der Waals surface area (Å²) in [6, 6.07) is 22.5. The molecular weight excluding hydrogens is 296 g/mol. The highest BCUT2D eigenvalue weighted by Gasteiger charge is 2.15. The van der Waals surface area contributed by atoms with E-state index in [9.17, 15) is 4.79 Å². The maximum absolute atomic E-state index is 12.6. The van der Waals surface area contributed by atoms with E-state index in [1.54, 1.807) is 4.90 Å². The van der Waals surface area contributed by atoms with Gasteiger partial charge in [-0.25, -0.2) is 0 Å². The van der Waals surface area contributed by atoms with Crippen LogP contribution in [0.3, 0.4) is 0 Å². The first-order valence-electron chi connectivity index (χ1n) is 8.08. The highest BCUT2D eigenvalue weighted by Crippen LogP contribution is 2.20. The second kappa shape index (κ2) is 6.75. The van der Waals surface area contributed by atoms with E-state index in [0.29, 0.717) is 6.54 Å². The summed E-state index contributed by atoms with van der Waals surface area (Å²) in [5.74, 6) is 0.0396. The zero-order chi connectivity index (χ0) is 17.1. The number of aromatic nitrogens is 1. The number of carbonyl (C=O) groups excluding carboxylic acids is 1. The molecule has 0 spiro atoms. The third-order valence-corrected chi connectivity index (χ3v) is 4.42. The van der Waals surface area contributed by atoms with Gasteiger partial charge in [0.1, 0.15) is 5.69 Å². The number of benzene rings is 2. The van der Waals surface area contributed by atoms with E-state index in [1.165, 1.54) is 11.1 Å². The van der Waals surface area contributed by atoms with Crippen LogP contribution < -0.4 is 0 Å². The Hall–Kier alpha value is -2.81. The van der Waals surface area contributed by atoms with E-state index in [-0.39, 0.29) is 5.91 Å². The first kappa shape index (κ1) is 16.1. The largest absolute Gasteiger partial charge is 0.344 e. The molecule has 0 saturated heterocycles. The van der Waals surface area contributed by atoms with Gasteiger partial charge < -0.3 is 9.47 Å². The Morgan fingerprint density at radius 2 is 1.54 bits per heavy atom. The molecule has 0 radical (unpaired) electrons. The first-order valence-corrected chi connectivity index (χ1v) is 8.08. The van der Waals surface area contributed by atoms with Crippen LogP contribution in [0.4, 0.5) is 0 Å². The van der Waals surface area contributed by atoms with E-state index in [2.05, 4.69) is 36.4 Å². The molecule has 2 aromatic carbocycles. The maximum Gasteiger partial charge on any atom is 0.270 e. The highest BCUT2D eigenvalue weighted by atomic mass is 16.2. The molecule has 0 unspecified atom stereocenters. The molecule has 24 heavy (non-hydrogen) atoms. The molecule has 0 bridgehead atoms. The Balaban J connectivity index is 1.72. The van der Waals surface area contributed by atoms with Crippen molar-refractivity contribution < 1.29 is 4.79 Å². The predicted molar refractivity (Wildman–Crippen MR) is 97.8 cm³/mol. The molecule has 3 heteroatoms. The van der Waals surface area contributed by atoms with Crippen molar-refractivity contribution >= 4 is 5.91 Å². The van der Waals surface area contributed by atoms with Crippen molar-refractivity contribution in [1.82, 2.24) is 9.47 Å². The molecule has 3 aromatic rings. The lowest BCUT2D eigenvalue weighted by Gasteiger charge is -2.18. The van der Waals surface area contributed by atoms with Gasteiger partial charge in [-0.3, -0.25) is 4.79 Å². The quantitative estimate of drug-likeness (QED) is 0.705. The fraction of sp³-hybridized carbons (Fsp3) is 0.190. The van der Waals surface area contributed by atoms with Crippen molar-refractivity contribution in [2.75, 3.05) is 7.05 Å². The van der Waals surface area contributed by atoms with Crippen molar-refractivity contribution in [3.05, 3.63) is 83.7 Å². The zero-order valence-electron chi connectivity index (χ0n) is 14.4. The zero-order valence-corrected chi connectivity index (χ0v) is 14.4. The van der Waals surface area contributed by atoms with Gasteiger partial charge in [0.05, 0.1) is 0 Å². The van der Waals surface area contributed by atoms with Crippen molar-refractivity contribution in [2.45, 2.75) is 13.5 Å². The van der Waals surface area contributed by atoms with Crippen molar-refractivity contribution in [1.29, 1.82) is 0 Å². The topological polar surface area (TPSA) is 25.2 Å². The van der Waals surface area contributed by atoms with Crippen molar-refractivity contribution in [3.63, 3.8) is 0 Å². The minimum atomic E-state index is 0.0396. The summed E-state index contributed by atoms with van der Waals surface area (Å²) < 4.78 is 1.93. The summed E-state index contributed by atoms with van der Waals surface area (Å²) in [6.07, 6.45) is 0. The summed E-state index contributed by atoms with van der Waals surface area (Å²) in [5.41, 5.74) is 5.31. The molecule has 122 valence electrons. The fourth-order valence-corrected chi connectivity index (χ4v) is 2.80. The Morgan fingerprint density at radius 1 is 0.917 bits per heavy atom. The van der Waals surface area contributed by atoms with Crippen LogP contribution in [0.15, 0.2) is 66.7 Å². The Kier molecular flexibility index (Phi) is 4.52. The lowest BCUT2D eigenvalue weighted by molar-refractivity contribution is 0.0775. The summed E-state index contributed by atoms with van der Waals surface area (Å²) in [5, 5.41) is 0. The Bertz CT molecular complexity index is 832. The van der Waals surface area contributed by atoms with E-state index in [4.69, 9.17) is 0 Å². The molecular formula is C21H22N2O. The summed E-state index contributed by atoms with van der Waals surface area (Å²) in [4.78, 5) is 14.3. The van der Waals surface area contributed by atoms with Crippen molar-refractivity contribution in [3.8, 4) is 11.1 Å². The molecule has 1 heterocycles. The van der Waals surface area contributed by atoms with E-state index in [1.807, 2.05) is 55.9 Å². The summed E-state index contributed by atoms with van der Waals surface area (Å²) in [7, 11) is 3.76. The predicted octanol–water partition coefficient (Wildman–Crippen LogP) is 4.27. The molecule has 0 fully saturated rings. The minimum Gasteiger partial charge on any atom is -0.344 e. The molecule has 0 aliphatic heterocycles. The monoisotopic (exact) mass is 318 g/mol. The minimum absolute atomic E-state index is 0.0396. The average molecular weight is 318 g/mol. The summed E-state index contributed by atoms with van der Waals surface area (Å²) >= 11 is 0. The molecule has 0 N–H and O–H groups in total. The molecule has 1 amide bonds. The van der Waals surface area contributed by atoms with Gasteiger partial charge in [0.25, 0.3) is 5.91 Å². The lowest BCUT2D eigenvalue weighted by atomic mass is 10.0. The lowest BCUT2D eigenvalue weighted by Crippen LogP contribution is -2.28. The Morgan fingerprint density at radius 3 is 2.12 bits per heavy atom. The number of rotatable bonds is 4. The van der Waals surface area contributed by atoms with Crippen LogP contribution in [0.1, 0.15) is 21.7 Å². The SMILES string of the molecule is Cc1ccc(C(=O)N(C)Cc2ccc(-c3ccccc3)cc2)n1C. The van der Waals surface area contributed by atoms with Gasteiger partial charge >= 0.3 is 0 Å². The molecule has 0 aliphatic carbocycles. The van der Waals surface area contributed by atoms with Gasteiger partial charge in [0.15, 0.2) is 0 Å². The van der Waals surface area contributed by atoms with Gasteiger partial charge in [0, 0.05) is 26.3 Å². The van der Waals surface area contributed by atoms with Crippen LogP contribution in [0.25, 0.3) is 11.1 Å². The molecule has 3 nitrogen and oxygen atoms in total. The van der Waals surface area contributed by atoms with E-state index in [0.717, 1.165) is 17.0 Å². The normalized spacial score (nSPS) is 10.6. The van der Waals surface area contributed by atoms with E-state index < -0.39 is 0 Å². The number of amides is 1. The standard InChI is InChI=1S/C21H22N2O/c1-16-9-14-20(23(16)3)21(24)22(2)15-17-10-12-19(13-11-17)18-7-5-4-6-8-18/h4-14H,15H2,1-3H3. The molecule has 1 aromatic heterocycles. The van der Waals surface area contributed by atoms with Gasteiger partial charge in [-0.05, 0) is 35.7 Å². The Labute approximate surface area is 143 Å². The fourth-order valence-electron chi connectivity index (χ4n) is 2.80.